The molecule has 4 heteroatoms. The zero-order valence-electron chi connectivity index (χ0n) is 13.2. The molecule has 2 aromatic rings. The van der Waals surface area contributed by atoms with Gasteiger partial charge in [0.2, 0.25) is 0 Å². The third-order valence-corrected chi connectivity index (χ3v) is 4.10. The summed E-state index contributed by atoms with van der Waals surface area (Å²) < 4.78 is 0. The number of fused-ring (bicyclic) bond motifs is 1. The molecule has 0 radical (unpaired) electrons. The first-order valence-corrected chi connectivity index (χ1v) is 8.12. The van der Waals surface area contributed by atoms with Crippen LogP contribution in [0.15, 0.2) is 41.7 Å². The van der Waals surface area contributed by atoms with Gasteiger partial charge in [-0.3, -0.25) is 0 Å². The fraction of sp³-hybridized carbons (Fsp3) is 0.368. The predicted octanol–water partition coefficient (Wildman–Crippen LogP) is 3.30. The summed E-state index contributed by atoms with van der Waals surface area (Å²) in [6.45, 7) is 0.894. The fourth-order valence-electron chi connectivity index (χ4n) is 2.85. The van der Waals surface area contributed by atoms with Crippen molar-refractivity contribution in [1.82, 2.24) is 9.97 Å². The van der Waals surface area contributed by atoms with Crippen LogP contribution in [0.2, 0.25) is 0 Å². The Morgan fingerprint density at radius 3 is 2.91 bits per heavy atom. The van der Waals surface area contributed by atoms with E-state index in [9.17, 15) is 5.11 Å². The summed E-state index contributed by atoms with van der Waals surface area (Å²) in [6.07, 6.45) is 6.68. The van der Waals surface area contributed by atoms with E-state index < -0.39 is 0 Å². The summed E-state index contributed by atoms with van der Waals surface area (Å²) >= 11 is 0. The molecule has 23 heavy (non-hydrogen) atoms. The van der Waals surface area contributed by atoms with E-state index in [4.69, 9.17) is 0 Å². The third-order valence-electron chi connectivity index (χ3n) is 4.10. The van der Waals surface area contributed by atoms with Crippen molar-refractivity contribution in [2.45, 2.75) is 32.1 Å². The Kier molecular flexibility index (Phi) is 5.23. The van der Waals surface area contributed by atoms with Gasteiger partial charge >= 0.3 is 0 Å². The SMILES string of the molecule is OCC1=C(C#CCCNc2ncnc3ccccc23)CCCC1. The zero-order valence-corrected chi connectivity index (χ0v) is 13.2. The van der Waals surface area contributed by atoms with E-state index in [-0.39, 0.29) is 6.61 Å². The van der Waals surface area contributed by atoms with Crippen molar-refractivity contribution >= 4 is 16.7 Å². The monoisotopic (exact) mass is 307 g/mol. The molecule has 0 fully saturated rings. The van der Waals surface area contributed by atoms with Crippen LogP contribution in [-0.2, 0) is 0 Å². The lowest BCUT2D eigenvalue weighted by Crippen LogP contribution is -2.04. The molecule has 0 saturated heterocycles. The van der Waals surface area contributed by atoms with E-state index in [1.165, 1.54) is 12.8 Å². The molecule has 0 bridgehead atoms. The summed E-state index contributed by atoms with van der Waals surface area (Å²) in [5, 5.41) is 13.7. The van der Waals surface area contributed by atoms with Crippen molar-refractivity contribution < 1.29 is 5.11 Å². The van der Waals surface area contributed by atoms with E-state index in [1.54, 1.807) is 6.33 Å². The summed E-state index contributed by atoms with van der Waals surface area (Å²) in [7, 11) is 0. The summed E-state index contributed by atoms with van der Waals surface area (Å²) in [6, 6.07) is 7.96. The van der Waals surface area contributed by atoms with Crippen LogP contribution in [0.4, 0.5) is 5.82 Å². The largest absolute Gasteiger partial charge is 0.392 e. The number of benzene rings is 1. The maximum atomic E-state index is 9.36. The second-order valence-electron chi connectivity index (χ2n) is 5.67. The Morgan fingerprint density at radius 2 is 2.00 bits per heavy atom. The number of aliphatic hydroxyl groups excluding tert-OH is 1. The van der Waals surface area contributed by atoms with Crippen molar-refractivity contribution in [2.75, 3.05) is 18.5 Å². The predicted molar refractivity (Wildman–Crippen MR) is 93.0 cm³/mol. The second-order valence-corrected chi connectivity index (χ2v) is 5.67. The lowest BCUT2D eigenvalue weighted by atomic mass is 9.92. The number of hydrogen-bond donors (Lipinski definition) is 2. The molecule has 0 aliphatic heterocycles. The maximum absolute atomic E-state index is 9.36. The highest BCUT2D eigenvalue weighted by Gasteiger charge is 2.09. The van der Waals surface area contributed by atoms with Gasteiger partial charge in [0, 0.05) is 23.9 Å². The number of anilines is 1. The quantitative estimate of drug-likeness (QED) is 0.672. The van der Waals surface area contributed by atoms with Crippen LogP contribution in [0.25, 0.3) is 10.9 Å². The number of para-hydroxylation sites is 1. The van der Waals surface area contributed by atoms with E-state index in [0.717, 1.165) is 53.7 Å². The van der Waals surface area contributed by atoms with Crippen LogP contribution >= 0.6 is 0 Å². The van der Waals surface area contributed by atoms with Gasteiger partial charge in [-0.15, -0.1) is 0 Å². The van der Waals surface area contributed by atoms with Gasteiger partial charge in [0.25, 0.3) is 0 Å². The Balaban J connectivity index is 1.60. The molecule has 1 heterocycles. The first kappa shape index (κ1) is 15.5. The first-order chi connectivity index (χ1) is 11.4. The van der Waals surface area contributed by atoms with Crippen molar-refractivity contribution in [2.24, 2.45) is 0 Å². The van der Waals surface area contributed by atoms with E-state index in [0.29, 0.717) is 0 Å². The lowest BCUT2D eigenvalue weighted by molar-refractivity contribution is 0.321. The number of allylic oxidation sites excluding steroid dienone is 1. The van der Waals surface area contributed by atoms with Crippen LogP contribution in [0, 0.1) is 11.8 Å². The molecule has 118 valence electrons. The van der Waals surface area contributed by atoms with Gasteiger partial charge in [-0.05, 0) is 43.4 Å². The molecule has 1 aliphatic rings. The highest BCUT2D eigenvalue weighted by molar-refractivity contribution is 5.88. The summed E-state index contributed by atoms with van der Waals surface area (Å²) in [4.78, 5) is 8.56. The highest BCUT2D eigenvalue weighted by atomic mass is 16.3. The van der Waals surface area contributed by atoms with Gasteiger partial charge in [-0.1, -0.05) is 24.0 Å². The number of aliphatic hydroxyl groups is 1. The van der Waals surface area contributed by atoms with Gasteiger partial charge in [0.1, 0.15) is 12.1 Å². The van der Waals surface area contributed by atoms with Crippen molar-refractivity contribution in [3.63, 3.8) is 0 Å². The number of rotatable bonds is 4. The van der Waals surface area contributed by atoms with Crippen LogP contribution in [0.5, 0.6) is 0 Å². The van der Waals surface area contributed by atoms with Gasteiger partial charge in [0.15, 0.2) is 0 Å². The van der Waals surface area contributed by atoms with Gasteiger partial charge < -0.3 is 10.4 Å². The normalized spacial score (nSPS) is 14.5. The minimum Gasteiger partial charge on any atom is -0.392 e. The Bertz CT molecular complexity index is 766. The highest BCUT2D eigenvalue weighted by Crippen LogP contribution is 2.23. The molecule has 1 aliphatic carbocycles. The molecule has 0 atom stereocenters. The van der Waals surface area contributed by atoms with E-state index in [2.05, 4.69) is 27.1 Å². The summed E-state index contributed by atoms with van der Waals surface area (Å²) in [5.74, 6) is 7.31. The van der Waals surface area contributed by atoms with Crippen molar-refractivity contribution in [3.05, 3.63) is 41.7 Å². The molecule has 0 unspecified atom stereocenters. The Labute approximate surface area is 136 Å². The molecular formula is C19H21N3O. The second kappa shape index (κ2) is 7.75. The molecule has 0 spiro atoms. The average Bonchev–Trinajstić information content (AvgIpc) is 2.62. The first-order valence-electron chi connectivity index (χ1n) is 8.12. The zero-order chi connectivity index (χ0) is 15.9. The van der Waals surface area contributed by atoms with Gasteiger partial charge in [-0.25, -0.2) is 9.97 Å². The molecule has 0 amide bonds. The fourth-order valence-corrected chi connectivity index (χ4v) is 2.85. The maximum Gasteiger partial charge on any atom is 0.137 e. The molecule has 3 rings (SSSR count). The molecule has 4 nitrogen and oxygen atoms in total. The Morgan fingerprint density at radius 1 is 1.13 bits per heavy atom. The van der Waals surface area contributed by atoms with Crippen molar-refractivity contribution in [1.29, 1.82) is 0 Å². The smallest absolute Gasteiger partial charge is 0.137 e. The number of nitrogens with zero attached hydrogens (tertiary/aromatic N) is 2. The van der Waals surface area contributed by atoms with Crippen LogP contribution < -0.4 is 5.32 Å². The molecule has 1 aromatic heterocycles. The molecule has 0 saturated carbocycles. The van der Waals surface area contributed by atoms with Crippen LogP contribution in [-0.4, -0.2) is 28.2 Å². The lowest BCUT2D eigenvalue weighted by Gasteiger charge is -2.14. The summed E-state index contributed by atoms with van der Waals surface area (Å²) in [5.41, 5.74) is 3.21. The number of nitrogens with one attached hydrogen (secondary N) is 1. The van der Waals surface area contributed by atoms with E-state index >= 15 is 0 Å². The molecule has 1 aromatic carbocycles. The van der Waals surface area contributed by atoms with E-state index in [1.807, 2.05) is 24.3 Å². The molecule has 2 N–H and O–H groups in total. The van der Waals surface area contributed by atoms with Gasteiger partial charge in [0.05, 0.1) is 12.1 Å². The standard InChI is InChI=1S/C19H21N3O/c23-13-16-9-2-1-7-15(16)8-5-6-12-20-19-17-10-3-4-11-18(17)21-14-22-19/h3-4,10-11,14,23H,1-2,6-7,9,12-13H2,(H,20,21,22). The molecular weight excluding hydrogens is 286 g/mol. The Hall–Kier alpha value is -2.38. The minimum atomic E-state index is 0.148. The van der Waals surface area contributed by atoms with Crippen molar-refractivity contribution in [3.8, 4) is 11.8 Å². The van der Waals surface area contributed by atoms with Crippen LogP contribution in [0.1, 0.15) is 32.1 Å². The van der Waals surface area contributed by atoms with Gasteiger partial charge in [-0.2, -0.15) is 0 Å². The number of aromatic nitrogens is 2. The van der Waals surface area contributed by atoms with Crippen LogP contribution in [0.3, 0.4) is 0 Å². The minimum absolute atomic E-state index is 0.148. The average molecular weight is 307 g/mol. The third kappa shape index (κ3) is 3.88. The number of hydrogen-bond acceptors (Lipinski definition) is 4. The topological polar surface area (TPSA) is 58.0 Å².